The zero-order valence-corrected chi connectivity index (χ0v) is 37.8. The summed E-state index contributed by atoms with van der Waals surface area (Å²) in [4.78, 5) is 69.6. The minimum Gasteiger partial charge on any atom is -0.496 e. The molecule has 1 aromatic carbocycles. The normalized spacial score (nSPS) is 27.2. The number of alkyl halides is 2. The molecule has 5 aliphatic rings. The Bertz CT molecular complexity index is 2420. The lowest BCUT2D eigenvalue weighted by Gasteiger charge is -2.34. The maximum atomic E-state index is 14.9. The van der Waals surface area contributed by atoms with Gasteiger partial charge in [0, 0.05) is 60.0 Å². The van der Waals surface area contributed by atoms with Crippen molar-refractivity contribution in [1.82, 2.24) is 29.8 Å². The molecular formula is C45H56F2N6O8S2. The first kappa shape index (κ1) is 44.9. The second-order valence-corrected chi connectivity index (χ2v) is 21.0. The molecule has 2 N–H and O–H groups in total. The highest BCUT2D eigenvalue weighted by molar-refractivity contribution is 7.91. The van der Waals surface area contributed by atoms with Crippen LogP contribution in [0.5, 0.6) is 11.5 Å². The quantitative estimate of drug-likeness (QED) is 0.216. The van der Waals surface area contributed by atoms with E-state index in [9.17, 15) is 36.4 Å². The number of hydrogen-bond donors (Lipinski definition) is 2. The van der Waals surface area contributed by atoms with Crippen LogP contribution in [0, 0.1) is 18.8 Å². The molecule has 5 atom stereocenters. The number of piperidine rings is 1. The SMILES string of the molecule is COc1ccc2c(O[C@@H]3C[C@H]4C(=O)N[C@]5(C(=O)NS(=O)(=O)C6CC6)C[C@@H]5/C=C\CCCCC[C@@H](CC(=O)N5CCCC(F)(F)C5)C(=O)N4C3)cc(-c3nc(C(C)C)cs3)nc2c1C. The summed E-state index contributed by atoms with van der Waals surface area (Å²) < 4.78 is 69.6. The molecule has 2 aromatic heterocycles. The van der Waals surface area contributed by atoms with Crippen LogP contribution in [0.15, 0.2) is 35.7 Å². The molecule has 3 aromatic rings. The zero-order valence-electron chi connectivity index (χ0n) is 36.2. The van der Waals surface area contributed by atoms with Gasteiger partial charge in [0.05, 0.1) is 36.7 Å². The number of hydrogen-bond acceptors (Lipinski definition) is 11. The molecule has 3 aliphatic heterocycles. The smallest absolute Gasteiger partial charge is 0.265 e. The number of rotatable bonds is 10. The van der Waals surface area contributed by atoms with Crippen LogP contribution in [-0.4, -0.2) is 107 Å². The number of amides is 4. The van der Waals surface area contributed by atoms with E-state index in [2.05, 4.69) is 23.9 Å². The van der Waals surface area contributed by atoms with Gasteiger partial charge in [0.2, 0.25) is 27.7 Å². The molecule has 2 aliphatic carbocycles. The summed E-state index contributed by atoms with van der Waals surface area (Å²) in [6.45, 7) is 5.40. The van der Waals surface area contributed by atoms with Gasteiger partial charge in [0.15, 0.2) is 0 Å². The number of aromatic nitrogens is 2. The molecule has 0 radical (unpaired) electrons. The van der Waals surface area contributed by atoms with Gasteiger partial charge < -0.3 is 24.6 Å². The van der Waals surface area contributed by atoms with Crippen molar-refractivity contribution < 1.29 is 45.9 Å². The number of allylic oxidation sites excluding steroid dienone is 1. The number of likely N-dealkylation sites (tertiary alicyclic amines) is 1. The monoisotopic (exact) mass is 910 g/mol. The summed E-state index contributed by atoms with van der Waals surface area (Å²) in [5.74, 6) is -5.67. The minimum atomic E-state index is -3.95. The summed E-state index contributed by atoms with van der Waals surface area (Å²) in [5, 5.41) is 5.57. The number of aryl methyl sites for hydroxylation is 1. The molecule has 2 saturated heterocycles. The topological polar surface area (TPSA) is 177 Å². The molecule has 340 valence electrons. The lowest BCUT2D eigenvalue weighted by molar-refractivity contribution is -0.148. The Morgan fingerprint density at radius 1 is 1.08 bits per heavy atom. The maximum Gasteiger partial charge on any atom is 0.265 e. The Labute approximate surface area is 370 Å². The zero-order chi connectivity index (χ0) is 44.8. The van der Waals surface area contributed by atoms with Gasteiger partial charge in [0.25, 0.3) is 11.8 Å². The van der Waals surface area contributed by atoms with E-state index in [0.717, 1.165) is 22.6 Å². The molecule has 0 unspecified atom stereocenters. The fourth-order valence-electron chi connectivity index (χ4n) is 9.15. The molecule has 63 heavy (non-hydrogen) atoms. The van der Waals surface area contributed by atoms with E-state index < -0.39 is 80.9 Å². The number of benzene rings is 1. The number of halogens is 2. The van der Waals surface area contributed by atoms with Crippen LogP contribution in [0.3, 0.4) is 0 Å². The Morgan fingerprint density at radius 3 is 2.59 bits per heavy atom. The van der Waals surface area contributed by atoms with Gasteiger partial charge in [0.1, 0.15) is 39.9 Å². The Hall–Kier alpha value is -4.71. The van der Waals surface area contributed by atoms with Crippen LogP contribution in [0.2, 0.25) is 0 Å². The predicted octanol–water partition coefficient (Wildman–Crippen LogP) is 6.41. The van der Waals surface area contributed by atoms with E-state index in [1.54, 1.807) is 13.2 Å². The van der Waals surface area contributed by atoms with Crippen molar-refractivity contribution in [3.05, 3.63) is 47.0 Å². The third kappa shape index (κ3) is 9.57. The molecular weight excluding hydrogens is 855 g/mol. The summed E-state index contributed by atoms with van der Waals surface area (Å²) in [7, 11) is -2.37. The number of nitrogens with zero attached hydrogens (tertiary/aromatic N) is 4. The average molecular weight is 911 g/mol. The summed E-state index contributed by atoms with van der Waals surface area (Å²) in [6.07, 6.45) is 6.59. The Morgan fingerprint density at radius 2 is 1.87 bits per heavy atom. The highest BCUT2D eigenvalue weighted by atomic mass is 32.2. The molecule has 8 rings (SSSR count). The van der Waals surface area contributed by atoms with Crippen molar-refractivity contribution in [1.29, 1.82) is 0 Å². The highest BCUT2D eigenvalue weighted by Crippen LogP contribution is 2.46. The Balaban J connectivity index is 1.14. The van der Waals surface area contributed by atoms with Crippen molar-refractivity contribution in [3.8, 4) is 22.2 Å². The van der Waals surface area contributed by atoms with Gasteiger partial charge in [-0.2, -0.15) is 0 Å². The van der Waals surface area contributed by atoms with Crippen molar-refractivity contribution in [2.75, 3.05) is 26.7 Å². The highest BCUT2D eigenvalue weighted by Gasteiger charge is 2.62. The standard InChI is InChI=1S/C45H56F2N6O8S2/c1-26(2)34-24-62-41(49-34)33-21-37(32-15-16-36(60-4)27(3)39(32)48-33)61-30-20-35-40(55)50-45(43(57)51-63(58,59)31-13-14-31)22-29(45)12-9-7-5-6-8-11-28(42(56)53(35)23-30)19-38(54)52-18-10-17-44(46,47)25-52/h9,12,15-16,21,24,26,28-31,35H,5-8,10-11,13-14,17-20,22-23,25H2,1-4H3,(H,50,55)(H,51,57)/b12-9-/t28-,29-,30+,35-,45+/m0/s1. The predicted molar refractivity (Wildman–Crippen MR) is 233 cm³/mol. The number of carbonyl (C=O) groups is 4. The van der Waals surface area contributed by atoms with Gasteiger partial charge >= 0.3 is 0 Å². The number of nitrogens with one attached hydrogen (secondary N) is 2. The van der Waals surface area contributed by atoms with Crippen molar-refractivity contribution in [2.45, 2.75) is 133 Å². The molecule has 0 bridgehead atoms. The Kier molecular flexibility index (Phi) is 12.6. The van der Waals surface area contributed by atoms with Crippen LogP contribution in [0.25, 0.3) is 21.6 Å². The molecule has 2 saturated carbocycles. The van der Waals surface area contributed by atoms with E-state index in [1.807, 2.05) is 36.6 Å². The van der Waals surface area contributed by atoms with Crippen LogP contribution < -0.4 is 19.5 Å². The maximum absolute atomic E-state index is 14.9. The first-order chi connectivity index (χ1) is 30.0. The number of pyridine rings is 1. The molecule has 4 fully saturated rings. The van der Waals surface area contributed by atoms with E-state index >= 15 is 0 Å². The lowest BCUT2D eigenvalue weighted by Crippen LogP contribution is -2.57. The third-order valence-electron chi connectivity index (χ3n) is 13.1. The number of ether oxygens (including phenoxy) is 2. The fraction of sp³-hybridized carbons (Fsp3) is 0.600. The van der Waals surface area contributed by atoms with Crippen LogP contribution >= 0.6 is 11.3 Å². The molecule has 5 heterocycles. The number of methoxy groups -OCH3 is 1. The van der Waals surface area contributed by atoms with Crippen molar-refractivity contribution in [3.63, 3.8) is 0 Å². The molecule has 14 nitrogen and oxygen atoms in total. The van der Waals surface area contributed by atoms with E-state index in [0.29, 0.717) is 71.6 Å². The summed E-state index contributed by atoms with van der Waals surface area (Å²) in [5.41, 5.74) is 1.31. The number of fused-ring (bicyclic) bond motifs is 3. The number of thiazole rings is 1. The van der Waals surface area contributed by atoms with Gasteiger partial charge in [-0.25, -0.2) is 27.2 Å². The second kappa shape index (κ2) is 17.7. The lowest BCUT2D eigenvalue weighted by atomic mass is 9.94. The van der Waals surface area contributed by atoms with E-state index in [-0.39, 0.29) is 51.1 Å². The molecule has 0 spiro atoms. The van der Waals surface area contributed by atoms with E-state index in [1.165, 1.54) is 16.2 Å². The van der Waals surface area contributed by atoms with Crippen LogP contribution in [0.4, 0.5) is 8.78 Å². The summed E-state index contributed by atoms with van der Waals surface area (Å²) in [6, 6.07) is 4.27. The first-order valence-corrected chi connectivity index (χ1v) is 24.5. The largest absolute Gasteiger partial charge is 0.496 e. The van der Waals surface area contributed by atoms with Crippen molar-refractivity contribution >= 4 is 55.9 Å². The van der Waals surface area contributed by atoms with E-state index in [4.69, 9.17) is 19.4 Å². The van der Waals surface area contributed by atoms with Crippen molar-refractivity contribution in [2.24, 2.45) is 11.8 Å². The number of sulfonamides is 1. The van der Waals surface area contributed by atoms with Gasteiger partial charge in [-0.05, 0) is 69.9 Å². The second-order valence-electron chi connectivity index (χ2n) is 18.2. The molecule has 18 heteroatoms. The van der Waals surface area contributed by atoms with Gasteiger partial charge in [-0.15, -0.1) is 11.3 Å². The van der Waals surface area contributed by atoms with Crippen LogP contribution in [0.1, 0.15) is 108 Å². The van der Waals surface area contributed by atoms with Crippen LogP contribution in [-0.2, 0) is 29.2 Å². The molecule has 4 amide bonds. The summed E-state index contributed by atoms with van der Waals surface area (Å²) >= 11 is 1.46. The van der Waals surface area contributed by atoms with Gasteiger partial charge in [-0.3, -0.25) is 23.9 Å². The average Bonchev–Trinajstić information content (AvgIpc) is 4.11. The third-order valence-corrected chi connectivity index (χ3v) is 15.8. The first-order valence-electron chi connectivity index (χ1n) is 22.1. The minimum absolute atomic E-state index is 0.00178. The van der Waals surface area contributed by atoms with Gasteiger partial charge in [-0.1, -0.05) is 38.8 Å². The number of carbonyl (C=O) groups excluding carboxylic acids is 4. The fourth-order valence-corrected chi connectivity index (χ4v) is 11.5.